The summed E-state index contributed by atoms with van der Waals surface area (Å²) < 4.78 is 27.3. The average Bonchev–Trinajstić information content (AvgIpc) is 2.67. The second kappa shape index (κ2) is 9.93. The van der Waals surface area contributed by atoms with E-state index in [-0.39, 0.29) is 29.6 Å². The Morgan fingerprint density at radius 2 is 1.66 bits per heavy atom. The summed E-state index contributed by atoms with van der Waals surface area (Å²) in [6, 6.07) is 13.5. The molecule has 0 bridgehead atoms. The number of nitro groups is 1. The highest BCUT2D eigenvalue weighted by Crippen LogP contribution is 2.21. The highest BCUT2D eigenvalue weighted by molar-refractivity contribution is 7.89. The van der Waals surface area contributed by atoms with E-state index in [1.807, 2.05) is 44.2 Å². The summed E-state index contributed by atoms with van der Waals surface area (Å²) in [6.07, 6.45) is -0.656. The van der Waals surface area contributed by atoms with Gasteiger partial charge in [-0.05, 0) is 30.0 Å². The van der Waals surface area contributed by atoms with Crippen molar-refractivity contribution < 1.29 is 18.4 Å². The summed E-state index contributed by atoms with van der Waals surface area (Å²) in [7, 11) is -3.94. The largest absolute Gasteiger partial charge is 0.390 e. The van der Waals surface area contributed by atoms with Crippen LogP contribution in [0.2, 0.25) is 0 Å². The van der Waals surface area contributed by atoms with E-state index in [1.54, 1.807) is 0 Å². The summed E-state index contributed by atoms with van der Waals surface area (Å²) in [4.78, 5) is 10.2. The van der Waals surface area contributed by atoms with Crippen LogP contribution in [0, 0.1) is 16.0 Å². The van der Waals surface area contributed by atoms with Gasteiger partial charge >= 0.3 is 0 Å². The van der Waals surface area contributed by atoms with Crippen LogP contribution in [0.5, 0.6) is 0 Å². The van der Waals surface area contributed by atoms with E-state index in [9.17, 15) is 23.6 Å². The van der Waals surface area contributed by atoms with Crippen molar-refractivity contribution in [1.82, 2.24) is 4.31 Å². The molecule has 0 aliphatic heterocycles. The van der Waals surface area contributed by atoms with Crippen molar-refractivity contribution in [2.45, 2.75) is 37.3 Å². The molecule has 8 nitrogen and oxygen atoms in total. The maximum absolute atomic E-state index is 13.1. The predicted octanol–water partition coefficient (Wildman–Crippen LogP) is 2.17. The molecule has 2 atom stereocenters. The van der Waals surface area contributed by atoms with Crippen molar-refractivity contribution in [3.63, 3.8) is 0 Å². The van der Waals surface area contributed by atoms with Crippen LogP contribution < -0.4 is 5.73 Å². The van der Waals surface area contributed by atoms with Crippen molar-refractivity contribution in [2.24, 2.45) is 11.7 Å². The molecule has 2 aromatic carbocycles. The molecule has 29 heavy (non-hydrogen) atoms. The fraction of sp³-hybridized carbons (Fsp3) is 0.400. The zero-order chi connectivity index (χ0) is 21.6. The molecule has 158 valence electrons. The van der Waals surface area contributed by atoms with E-state index in [2.05, 4.69) is 0 Å². The van der Waals surface area contributed by atoms with Crippen LogP contribution in [0.25, 0.3) is 0 Å². The Bertz CT molecular complexity index is 901. The number of hydrogen-bond donors (Lipinski definition) is 2. The van der Waals surface area contributed by atoms with Gasteiger partial charge < -0.3 is 10.8 Å². The van der Waals surface area contributed by atoms with Gasteiger partial charge in [0.1, 0.15) is 0 Å². The lowest BCUT2D eigenvalue weighted by molar-refractivity contribution is -0.384. The standard InChI is InChI=1S/C20H27N3O5S/c1-15(2)13-22(14-20(24)19(21)12-16-6-4-3-5-7-16)29(27,28)18-10-8-17(9-11-18)23(25)26/h3-11,15,19-20,24H,12-14,21H2,1-2H3/t19?,20-/m0/s1. The molecule has 9 heteroatoms. The van der Waals surface area contributed by atoms with Crippen LogP contribution in [-0.4, -0.2) is 48.0 Å². The first-order chi connectivity index (χ1) is 13.6. The Hall–Kier alpha value is -2.33. The number of nitrogens with zero attached hydrogens (tertiary/aromatic N) is 2. The first-order valence-corrected chi connectivity index (χ1v) is 10.8. The van der Waals surface area contributed by atoms with Gasteiger partial charge in [0.2, 0.25) is 10.0 Å². The van der Waals surface area contributed by atoms with Gasteiger partial charge in [-0.15, -0.1) is 0 Å². The first kappa shape index (κ1) is 23.0. The van der Waals surface area contributed by atoms with E-state index >= 15 is 0 Å². The molecule has 0 amide bonds. The summed E-state index contributed by atoms with van der Waals surface area (Å²) >= 11 is 0. The highest BCUT2D eigenvalue weighted by Gasteiger charge is 2.29. The third-order valence-electron chi connectivity index (χ3n) is 4.45. The zero-order valence-corrected chi connectivity index (χ0v) is 17.3. The molecule has 0 aliphatic carbocycles. The van der Waals surface area contributed by atoms with Crippen LogP contribution in [0.15, 0.2) is 59.5 Å². The van der Waals surface area contributed by atoms with Crippen LogP contribution in [0.3, 0.4) is 0 Å². The lowest BCUT2D eigenvalue weighted by Crippen LogP contribution is -2.47. The van der Waals surface area contributed by atoms with Crippen molar-refractivity contribution in [1.29, 1.82) is 0 Å². The monoisotopic (exact) mass is 421 g/mol. The summed E-state index contributed by atoms with van der Waals surface area (Å²) in [5.41, 5.74) is 6.88. The number of nitrogens with two attached hydrogens (primary N) is 1. The van der Waals surface area contributed by atoms with E-state index in [0.29, 0.717) is 6.42 Å². The molecule has 0 heterocycles. The Morgan fingerprint density at radius 3 is 2.17 bits per heavy atom. The maximum atomic E-state index is 13.1. The average molecular weight is 422 g/mol. The third kappa shape index (κ3) is 6.33. The van der Waals surface area contributed by atoms with Crippen molar-refractivity contribution in [2.75, 3.05) is 13.1 Å². The smallest absolute Gasteiger partial charge is 0.269 e. The quantitative estimate of drug-likeness (QED) is 0.447. The molecule has 2 aromatic rings. The zero-order valence-electron chi connectivity index (χ0n) is 16.5. The van der Waals surface area contributed by atoms with Gasteiger partial charge in [0.25, 0.3) is 5.69 Å². The van der Waals surface area contributed by atoms with Gasteiger partial charge in [0.05, 0.1) is 15.9 Å². The van der Waals surface area contributed by atoms with E-state index in [4.69, 9.17) is 5.73 Å². The summed E-state index contributed by atoms with van der Waals surface area (Å²) in [5, 5.41) is 21.4. The van der Waals surface area contributed by atoms with Gasteiger partial charge in [0, 0.05) is 31.3 Å². The second-order valence-electron chi connectivity index (χ2n) is 7.39. The topological polar surface area (TPSA) is 127 Å². The van der Waals surface area contributed by atoms with Gasteiger partial charge in [-0.1, -0.05) is 44.2 Å². The molecule has 0 radical (unpaired) electrons. The predicted molar refractivity (Wildman–Crippen MR) is 111 cm³/mol. The molecule has 0 fully saturated rings. The number of hydrogen-bond acceptors (Lipinski definition) is 6. The lowest BCUT2D eigenvalue weighted by atomic mass is 10.0. The number of aliphatic hydroxyl groups is 1. The van der Waals surface area contributed by atoms with Gasteiger partial charge in [0.15, 0.2) is 0 Å². The normalized spacial score (nSPS) is 14.1. The van der Waals surface area contributed by atoms with Gasteiger partial charge in [-0.2, -0.15) is 4.31 Å². The SMILES string of the molecule is CC(C)CN(C[C@H](O)C(N)Cc1ccccc1)S(=O)(=O)c1ccc([N+](=O)[O-])cc1. The number of nitro benzene ring substituents is 1. The molecule has 0 aromatic heterocycles. The molecule has 1 unspecified atom stereocenters. The van der Waals surface area contributed by atoms with Crippen LogP contribution in [0.4, 0.5) is 5.69 Å². The van der Waals surface area contributed by atoms with E-state index in [1.165, 1.54) is 16.4 Å². The molecule has 3 N–H and O–H groups in total. The molecule has 0 saturated carbocycles. The van der Waals surface area contributed by atoms with Gasteiger partial charge in [-0.3, -0.25) is 10.1 Å². The van der Waals surface area contributed by atoms with Crippen molar-refractivity contribution in [3.05, 3.63) is 70.3 Å². The minimum atomic E-state index is -3.94. The molecular formula is C20H27N3O5S. The number of aliphatic hydroxyl groups excluding tert-OH is 1. The molecule has 0 saturated heterocycles. The molecule has 0 spiro atoms. The maximum Gasteiger partial charge on any atom is 0.269 e. The van der Waals surface area contributed by atoms with E-state index in [0.717, 1.165) is 17.7 Å². The first-order valence-electron chi connectivity index (χ1n) is 9.33. The van der Waals surface area contributed by atoms with Crippen LogP contribution in [0.1, 0.15) is 19.4 Å². The molecular weight excluding hydrogens is 394 g/mol. The Labute approximate surface area is 171 Å². The fourth-order valence-electron chi connectivity index (χ4n) is 2.93. The third-order valence-corrected chi connectivity index (χ3v) is 6.30. The van der Waals surface area contributed by atoms with Crippen LogP contribution in [-0.2, 0) is 16.4 Å². The lowest BCUT2D eigenvalue weighted by Gasteiger charge is -2.28. The Balaban J connectivity index is 2.19. The summed E-state index contributed by atoms with van der Waals surface area (Å²) in [6.45, 7) is 3.77. The van der Waals surface area contributed by atoms with Crippen molar-refractivity contribution >= 4 is 15.7 Å². The minimum Gasteiger partial charge on any atom is -0.390 e. The number of sulfonamides is 1. The minimum absolute atomic E-state index is 0.0142. The number of benzene rings is 2. The Morgan fingerprint density at radius 1 is 1.07 bits per heavy atom. The highest BCUT2D eigenvalue weighted by atomic mass is 32.2. The van der Waals surface area contributed by atoms with E-state index < -0.39 is 27.1 Å². The fourth-order valence-corrected chi connectivity index (χ4v) is 4.55. The van der Waals surface area contributed by atoms with Crippen LogP contribution >= 0.6 is 0 Å². The second-order valence-corrected chi connectivity index (χ2v) is 9.33. The molecule has 2 rings (SSSR count). The van der Waals surface area contributed by atoms with Crippen molar-refractivity contribution in [3.8, 4) is 0 Å². The molecule has 0 aliphatic rings. The number of rotatable bonds is 10. The van der Waals surface area contributed by atoms with Gasteiger partial charge in [-0.25, -0.2) is 8.42 Å². The Kier molecular flexibility index (Phi) is 7.86. The summed E-state index contributed by atoms with van der Waals surface area (Å²) in [5.74, 6) is 0.0142. The number of non-ortho nitro benzene ring substituents is 1.